The highest BCUT2D eigenvalue weighted by Gasteiger charge is 2.17. The minimum absolute atomic E-state index is 0.128. The van der Waals surface area contributed by atoms with Crippen molar-refractivity contribution >= 4 is 5.97 Å². The zero-order valence-electron chi connectivity index (χ0n) is 11.8. The summed E-state index contributed by atoms with van der Waals surface area (Å²) in [5.41, 5.74) is 2.43. The third-order valence-electron chi connectivity index (χ3n) is 3.31. The van der Waals surface area contributed by atoms with Gasteiger partial charge in [-0.05, 0) is 30.4 Å². The van der Waals surface area contributed by atoms with Gasteiger partial charge in [0, 0.05) is 0 Å². The fourth-order valence-electron chi connectivity index (χ4n) is 2.35. The van der Waals surface area contributed by atoms with Crippen LogP contribution in [0.1, 0.15) is 30.4 Å². The van der Waals surface area contributed by atoms with Gasteiger partial charge >= 0.3 is 5.97 Å². The van der Waals surface area contributed by atoms with Crippen molar-refractivity contribution in [1.82, 2.24) is 0 Å². The summed E-state index contributed by atoms with van der Waals surface area (Å²) in [6, 6.07) is 20.4. The Balaban J connectivity index is 2.14. The average molecular weight is 268 g/mol. The van der Waals surface area contributed by atoms with Crippen molar-refractivity contribution in [3.05, 3.63) is 71.8 Å². The number of hydrogen-bond acceptors (Lipinski definition) is 2. The number of benzene rings is 2. The number of carbonyl (C=O) groups is 1. The molecule has 0 aliphatic rings. The monoisotopic (exact) mass is 268 g/mol. The summed E-state index contributed by atoms with van der Waals surface area (Å²) in [5.74, 6) is 0.0370. The Morgan fingerprint density at radius 1 is 1.00 bits per heavy atom. The fraction of sp³-hybridized carbons (Fsp3) is 0.278. The molecule has 2 heteroatoms. The Labute approximate surface area is 120 Å². The first-order valence-electron chi connectivity index (χ1n) is 7.04. The van der Waals surface area contributed by atoms with E-state index >= 15 is 0 Å². The van der Waals surface area contributed by atoms with Crippen LogP contribution in [-0.4, -0.2) is 12.6 Å². The topological polar surface area (TPSA) is 26.3 Å². The van der Waals surface area contributed by atoms with Gasteiger partial charge in [0.25, 0.3) is 0 Å². The highest BCUT2D eigenvalue weighted by atomic mass is 16.5. The van der Waals surface area contributed by atoms with Gasteiger partial charge in [-0.1, -0.05) is 60.7 Å². The maximum Gasteiger partial charge on any atom is 0.306 e. The molecule has 0 heterocycles. The maximum absolute atomic E-state index is 11.8. The van der Waals surface area contributed by atoms with Crippen LogP contribution < -0.4 is 0 Å². The molecule has 0 spiro atoms. The van der Waals surface area contributed by atoms with Crippen LogP contribution in [0.3, 0.4) is 0 Å². The molecule has 2 rings (SSSR count). The lowest BCUT2D eigenvalue weighted by atomic mass is 9.89. The molecular weight excluding hydrogens is 248 g/mol. The normalized spacial score (nSPS) is 11.8. The van der Waals surface area contributed by atoms with Gasteiger partial charge in [0.05, 0.1) is 13.0 Å². The third kappa shape index (κ3) is 4.23. The van der Waals surface area contributed by atoms with Gasteiger partial charge in [-0.2, -0.15) is 0 Å². The van der Waals surface area contributed by atoms with Gasteiger partial charge in [-0.25, -0.2) is 0 Å². The molecule has 104 valence electrons. The van der Waals surface area contributed by atoms with E-state index in [1.54, 1.807) is 0 Å². The molecule has 0 bridgehead atoms. The van der Waals surface area contributed by atoms with Crippen molar-refractivity contribution in [3.8, 4) is 0 Å². The predicted octanol–water partition coefficient (Wildman–Crippen LogP) is 3.97. The van der Waals surface area contributed by atoms with Crippen LogP contribution in [0.15, 0.2) is 60.7 Å². The molecule has 2 nitrogen and oxygen atoms in total. The van der Waals surface area contributed by atoms with Crippen molar-refractivity contribution in [2.75, 3.05) is 6.61 Å². The van der Waals surface area contributed by atoms with Gasteiger partial charge in [0.1, 0.15) is 0 Å². The van der Waals surface area contributed by atoms with Crippen LogP contribution in [0.2, 0.25) is 0 Å². The van der Waals surface area contributed by atoms with Crippen LogP contribution >= 0.6 is 0 Å². The third-order valence-corrected chi connectivity index (χ3v) is 3.31. The van der Waals surface area contributed by atoms with E-state index in [2.05, 4.69) is 24.3 Å². The molecule has 1 atom stereocenters. The Kier molecular flexibility index (Phi) is 5.36. The number of ether oxygens (including phenoxy) is 1. The lowest BCUT2D eigenvalue weighted by Crippen LogP contribution is -2.12. The lowest BCUT2D eigenvalue weighted by molar-refractivity contribution is -0.143. The average Bonchev–Trinajstić information content (AvgIpc) is 2.49. The standard InChI is InChI=1S/C18H20O2/c1-2-20-18(19)14-17(16-11-7-4-8-12-16)13-15-9-5-3-6-10-15/h3-12,17H,2,13-14H2,1H3/t17-/m1/s1. The molecule has 0 saturated carbocycles. The first kappa shape index (κ1) is 14.3. The number of carbonyl (C=O) groups excluding carboxylic acids is 1. The summed E-state index contributed by atoms with van der Waals surface area (Å²) in [4.78, 5) is 11.8. The molecule has 0 amide bonds. The van der Waals surface area contributed by atoms with E-state index in [9.17, 15) is 4.79 Å². The van der Waals surface area contributed by atoms with E-state index < -0.39 is 0 Å². The van der Waals surface area contributed by atoms with E-state index in [0.717, 1.165) is 6.42 Å². The van der Waals surface area contributed by atoms with Gasteiger partial charge in [0.15, 0.2) is 0 Å². The first-order valence-corrected chi connectivity index (χ1v) is 7.04. The summed E-state index contributed by atoms with van der Waals surface area (Å²) < 4.78 is 5.09. The largest absolute Gasteiger partial charge is 0.466 e. The molecular formula is C18H20O2. The Bertz CT molecular complexity index is 520. The molecule has 0 saturated heterocycles. The summed E-state index contributed by atoms with van der Waals surface area (Å²) in [6.07, 6.45) is 1.27. The van der Waals surface area contributed by atoms with Gasteiger partial charge in [0.2, 0.25) is 0 Å². The van der Waals surface area contributed by atoms with E-state index in [4.69, 9.17) is 4.74 Å². The van der Waals surface area contributed by atoms with Gasteiger partial charge in [-0.3, -0.25) is 4.79 Å². The first-order chi connectivity index (χ1) is 9.79. The number of esters is 1. The van der Waals surface area contributed by atoms with Gasteiger partial charge < -0.3 is 4.74 Å². The minimum atomic E-state index is -0.128. The van der Waals surface area contributed by atoms with Crippen molar-refractivity contribution < 1.29 is 9.53 Å². The van der Waals surface area contributed by atoms with Crippen LogP contribution in [-0.2, 0) is 16.0 Å². The summed E-state index contributed by atoms with van der Waals surface area (Å²) in [7, 11) is 0. The fourth-order valence-corrected chi connectivity index (χ4v) is 2.35. The minimum Gasteiger partial charge on any atom is -0.466 e. The van der Waals surface area contributed by atoms with E-state index in [1.807, 2.05) is 43.3 Å². The van der Waals surface area contributed by atoms with Crippen LogP contribution in [0.25, 0.3) is 0 Å². The summed E-state index contributed by atoms with van der Waals surface area (Å²) in [6.45, 7) is 2.28. The maximum atomic E-state index is 11.8. The van der Waals surface area contributed by atoms with Gasteiger partial charge in [-0.15, -0.1) is 0 Å². The highest BCUT2D eigenvalue weighted by Crippen LogP contribution is 2.24. The van der Waals surface area contributed by atoms with E-state index in [-0.39, 0.29) is 11.9 Å². The molecule has 0 aliphatic heterocycles. The number of hydrogen-bond donors (Lipinski definition) is 0. The molecule has 2 aromatic rings. The second-order valence-corrected chi connectivity index (χ2v) is 4.81. The molecule has 0 aliphatic carbocycles. The smallest absolute Gasteiger partial charge is 0.306 e. The Morgan fingerprint density at radius 3 is 2.20 bits per heavy atom. The SMILES string of the molecule is CCOC(=O)C[C@@H](Cc1ccccc1)c1ccccc1. The van der Waals surface area contributed by atoms with Crippen molar-refractivity contribution in [2.45, 2.75) is 25.7 Å². The summed E-state index contributed by atoms with van der Waals surface area (Å²) in [5, 5.41) is 0. The predicted molar refractivity (Wildman–Crippen MR) is 80.6 cm³/mol. The van der Waals surface area contributed by atoms with Crippen molar-refractivity contribution in [2.24, 2.45) is 0 Å². The molecule has 0 unspecified atom stereocenters. The van der Waals surface area contributed by atoms with E-state index in [0.29, 0.717) is 13.0 Å². The lowest BCUT2D eigenvalue weighted by Gasteiger charge is -2.16. The summed E-state index contributed by atoms with van der Waals surface area (Å²) >= 11 is 0. The van der Waals surface area contributed by atoms with Crippen LogP contribution in [0.4, 0.5) is 0 Å². The zero-order valence-corrected chi connectivity index (χ0v) is 11.8. The second kappa shape index (κ2) is 7.49. The molecule has 0 fully saturated rings. The quantitative estimate of drug-likeness (QED) is 0.741. The van der Waals surface area contributed by atoms with Crippen molar-refractivity contribution in [3.63, 3.8) is 0 Å². The molecule has 0 N–H and O–H groups in total. The second-order valence-electron chi connectivity index (χ2n) is 4.81. The molecule has 20 heavy (non-hydrogen) atoms. The van der Waals surface area contributed by atoms with Crippen LogP contribution in [0.5, 0.6) is 0 Å². The van der Waals surface area contributed by atoms with Crippen LogP contribution in [0, 0.1) is 0 Å². The molecule has 0 radical (unpaired) electrons. The Hall–Kier alpha value is -2.09. The van der Waals surface area contributed by atoms with E-state index in [1.165, 1.54) is 11.1 Å². The van der Waals surface area contributed by atoms with Crippen molar-refractivity contribution in [1.29, 1.82) is 0 Å². The molecule has 0 aromatic heterocycles. The Morgan fingerprint density at radius 2 is 1.60 bits per heavy atom. The number of rotatable bonds is 6. The molecule has 2 aromatic carbocycles. The zero-order chi connectivity index (χ0) is 14.2. The highest BCUT2D eigenvalue weighted by molar-refractivity contribution is 5.70.